The van der Waals surface area contributed by atoms with Crippen molar-refractivity contribution in [1.82, 2.24) is 9.80 Å². The van der Waals surface area contributed by atoms with Crippen molar-refractivity contribution in [3.8, 4) is 0 Å². The molecule has 1 aromatic carbocycles. The van der Waals surface area contributed by atoms with Gasteiger partial charge in [-0.2, -0.15) is 0 Å². The summed E-state index contributed by atoms with van der Waals surface area (Å²) in [5.41, 5.74) is 0.413. The summed E-state index contributed by atoms with van der Waals surface area (Å²) in [6.45, 7) is 8.23. The van der Waals surface area contributed by atoms with Crippen LogP contribution in [0, 0.1) is 11.2 Å². The van der Waals surface area contributed by atoms with E-state index in [2.05, 4.69) is 0 Å². The SMILES string of the molecule is CC(C)(C)C(=O)N1CCCN(C(=O)Cc2ccc(F)cc2)CC1. The molecule has 4 nitrogen and oxygen atoms in total. The quantitative estimate of drug-likeness (QED) is 0.840. The van der Waals surface area contributed by atoms with E-state index in [1.54, 1.807) is 17.0 Å². The first-order valence-corrected chi connectivity index (χ1v) is 8.09. The first kappa shape index (κ1) is 17.4. The standard InChI is InChI=1S/C18H25FN2O2/c1-18(2,3)17(23)21-10-4-9-20(11-12-21)16(22)13-14-5-7-15(19)8-6-14/h5-8H,4,9-13H2,1-3H3. The molecule has 126 valence electrons. The summed E-state index contributed by atoms with van der Waals surface area (Å²) in [7, 11) is 0. The molecular formula is C18H25FN2O2. The summed E-state index contributed by atoms with van der Waals surface area (Å²) < 4.78 is 12.9. The molecule has 2 amide bonds. The van der Waals surface area contributed by atoms with E-state index in [0.29, 0.717) is 26.2 Å². The van der Waals surface area contributed by atoms with Crippen molar-refractivity contribution in [3.05, 3.63) is 35.6 Å². The summed E-state index contributed by atoms with van der Waals surface area (Å²) in [4.78, 5) is 28.4. The molecule has 5 heteroatoms. The highest BCUT2D eigenvalue weighted by Crippen LogP contribution is 2.19. The number of nitrogens with zero attached hydrogens (tertiary/aromatic N) is 2. The highest BCUT2D eigenvalue weighted by atomic mass is 19.1. The molecule has 0 atom stereocenters. The van der Waals surface area contributed by atoms with Gasteiger partial charge in [-0.15, -0.1) is 0 Å². The normalized spacial score (nSPS) is 16.2. The van der Waals surface area contributed by atoms with Crippen LogP contribution in [0.1, 0.15) is 32.8 Å². The van der Waals surface area contributed by atoms with Gasteiger partial charge >= 0.3 is 0 Å². The maximum Gasteiger partial charge on any atom is 0.228 e. The molecule has 1 aliphatic rings. The molecule has 23 heavy (non-hydrogen) atoms. The highest BCUT2D eigenvalue weighted by molar-refractivity contribution is 5.82. The molecule has 0 bridgehead atoms. The van der Waals surface area contributed by atoms with Gasteiger partial charge in [0.25, 0.3) is 0 Å². The Kier molecular flexibility index (Phi) is 5.39. The average Bonchev–Trinajstić information content (AvgIpc) is 2.73. The third-order valence-electron chi connectivity index (χ3n) is 4.05. The Morgan fingerprint density at radius 3 is 2.17 bits per heavy atom. The molecule has 1 saturated heterocycles. The lowest BCUT2D eigenvalue weighted by molar-refractivity contribution is -0.139. The molecule has 0 N–H and O–H groups in total. The third-order valence-corrected chi connectivity index (χ3v) is 4.05. The number of halogens is 1. The van der Waals surface area contributed by atoms with E-state index in [9.17, 15) is 14.0 Å². The van der Waals surface area contributed by atoms with Crippen molar-refractivity contribution in [2.45, 2.75) is 33.6 Å². The van der Waals surface area contributed by atoms with Crippen molar-refractivity contribution < 1.29 is 14.0 Å². The van der Waals surface area contributed by atoms with Crippen LogP contribution >= 0.6 is 0 Å². The first-order chi connectivity index (χ1) is 10.8. The number of hydrogen-bond acceptors (Lipinski definition) is 2. The molecule has 1 fully saturated rings. The fourth-order valence-electron chi connectivity index (χ4n) is 2.73. The molecule has 0 saturated carbocycles. The Bertz CT molecular complexity index is 563. The minimum absolute atomic E-state index is 0.0293. The number of rotatable bonds is 2. The van der Waals surface area contributed by atoms with Crippen LogP contribution in [0.25, 0.3) is 0 Å². The fourth-order valence-corrected chi connectivity index (χ4v) is 2.73. The Labute approximate surface area is 137 Å². The van der Waals surface area contributed by atoms with Gasteiger partial charge in [0.2, 0.25) is 11.8 Å². The Morgan fingerprint density at radius 2 is 1.57 bits per heavy atom. The van der Waals surface area contributed by atoms with Gasteiger partial charge in [-0.3, -0.25) is 9.59 Å². The zero-order chi connectivity index (χ0) is 17.0. The van der Waals surface area contributed by atoms with E-state index >= 15 is 0 Å². The topological polar surface area (TPSA) is 40.6 Å². The van der Waals surface area contributed by atoms with Crippen LogP contribution in [0.15, 0.2) is 24.3 Å². The lowest BCUT2D eigenvalue weighted by Gasteiger charge is -2.28. The lowest BCUT2D eigenvalue weighted by Crippen LogP contribution is -2.42. The van der Waals surface area contributed by atoms with Gasteiger partial charge in [0.1, 0.15) is 5.82 Å². The van der Waals surface area contributed by atoms with Gasteiger partial charge in [-0.05, 0) is 24.1 Å². The number of amides is 2. The lowest BCUT2D eigenvalue weighted by atomic mass is 9.94. The van der Waals surface area contributed by atoms with E-state index in [0.717, 1.165) is 12.0 Å². The van der Waals surface area contributed by atoms with Crippen molar-refractivity contribution in [3.63, 3.8) is 0 Å². The molecule has 1 aliphatic heterocycles. The summed E-state index contributed by atoms with van der Waals surface area (Å²) >= 11 is 0. The van der Waals surface area contributed by atoms with E-state index in [4.69, 9.17) is 0 Å². The summed E-state index contributed by atoms with van der Waals surface area (Å²) in [5.74, 6) is -0.140. The minimum Gasteiger partial charge on any atom is -0.341 e. The summed E-state index contributed by atoms with van der Waals surface area (Å²) in [6, 6.07) is 6.02. The van der Waals surface area contributed by atoms with Crippen molar-refractivity contribution >= 4 is 11.8 Å². The van der Waals surface area contributed by atoms with Crippen LogP contribution in [0.3, 0.4) is 0 Å². The molecule has 0 spiro atoms. The van der Waals surface area contributed by atoms with Crippen LogP contribution in [-0.4, -0.2) is 47.8 Å². The zero-order valence-corrected chi connectivity index (χ0v) is 14.1. The van der Waals surface area contributed by atoms with Gasteiger partial charge in [-0.25, -0.2) is 4.39 Å². The Morgan fingerprint density at radius 1 is 1.00 bits per heavy atom. The fraction of sp³-hybridized carbons (Fsp3) is 0.556. The van der Waals surface area contributed by atoms with E-state index in [1.165, 1.54) is 12.1 Å². The average molecular weight is 320 g/mol. The van der Waals surface area contributed by atoms with Crippen molar-refractivity contribution in [1.29, 1.82) is 0 Å². The molecule has 1 aromatic rings. The number of carbonyl (C=O) groups excluding carboxylic acids is 2. The van der Waals surface area contributed by atoms with Gasteiger partial charge in [0.05, 0.1) is 6.42 Å². The molecule has 0 aliphatic carbocycles. The highest BCUT2D eigenvalue weighted by Gasteiger charge is 2.29. The van der Waals surface area contributed by atoms with Crippen LogP contribution in [-0.2, 0) is 16.0 Å². The second-order valence-electron chi connectivity index (χ2n) is 7.08. The Balaban J connectivity index is 1.93. The Hall–Kier alpha value is -1.91. The largest absolute Gasteiger partial charge is 0.341 e. The monoisotopic (exact) mass is 320 g/mol. The van der Waals surface area contributed by atoms with Crippen LogP contribution < -0.4 is 0 Å². The maximum absolute atomic E-state index is 12.9. The van der Waals surface area contributed by atoms with E-state index in [1.807, 2.05) is 25.7 Å². The minimum atomic E-state index is -0.396. The molecule has 0 unspecified atom stereocenters. The molecule has 0 radical (unpaired) electrons. The molecular weight excluding hydrogens is 295 g/mol. The number of carbonyl (C=O) groups is 2. The number of benzene rings is 1. The van der Waals surface area contributed by atoms with Gasteiger partial charge < -0.3 is 9.80 Å². The second-order valence-corrected chi connectivity index (χ2v) is 7.08. The van der Waals surface area contributed by atoms with E-state index in [-0.39, 0.29) is 24.1 Å². The summed E-state index contributed by atoms with van der Waals surface area (Å²) in [6.07, 6.45) is 1.06. The molecule has 1 heterocycles. The van der Waals surface area contributed by atoms with Gasteiger partial charge in [0.15, 0.2) is 0 Å². The summed E-state index contributed by atoms with van der Waals surface area (Å²) in [5, 5.41) is 0. The zero-order valence-electron chi connectivity index (χ0n) is 14.1. The van der Waals surface area contributed by atoms with Crippen LogP contribution in [0.5, 0.6) is 0 Å². The van der Waals surface area contributed by atoms with Gasteiger partial charge in [-0.1, -0.05) is 32.9 Å². The third kappa shape index (κ3) is 4.78. The maximum atomic E-state index is 12.9. The predicted octanol–water partition coefficient (Wildman–Crippen LogP) is 2.48. The second kappa shape index (κ2) is 7.11. The van der Waals surface area contributed by atoms with Crippen LogP contribution in [0.2, 0.25) is 0 Å². The van der Waals surface area contributed by atoms with Gasteiger partial charge in [0, 0.05) is 31.6 Å². The van der Waals surface area contributed by atoms with Crippen LogP contribution in [0.4, 0.5) is 4.39 Å². The van der Waals surface area contributed by atoms with Crippen molar-refractivity contribution in [2.24, 2.45) is 5.41 Å². The molecule has 2 rings (SSSR count). The number of hydrogen-bond donors (Lipinski definition) is 0. The molecule has 0 aromatic heterocycles. The predicted molar refractivity (Wildman–Crippen MR) is 87.3 cm³/mol. The first-order valence-electron chi connectivity index (χ1n) is 8.09. The van der Waals surface area contributed by atoms with E-state index < -0.39 is 5.41 Å². The smallest absolute Gasteiger partial charge is 0.228 e. The van der Waals surface area contributed by atoms with Crippen molar-refractivity contribution in [2.75, 3.05) is 26.2 Å².